The van der Waals surface area contributed by atoms with Crippen LogP contribution in [0.5, 0.6) is 5.75 Å². The molecule has 1 aliphatic rings. The Balaban J connectivity index is 1.49. The van der Waals surface area contributed by atoms with E-state index >= 15 is 0 Å². The number of hydrogen-bond donors (Lipinski definition) is 1. The molecule has 1 amide bonds. The van der Waals surface area contributed by atoms with Gasteiger partial charge in [-0.1, -0.05) is 30.3 Å². The fourth-order valence-electron chi connectivity index (χ4n) is 3.64. The number of amides is 1. The van der Waals surface area contributed by atoms with E-state index in [4.69, 9.17) is 14.2 Å². The number of carbonyl (C=O) groups excluding carboxylic acids is 1. The first-order chi connectivity index (χ1) is 15.7. The highest BCUT2D eigenvalue weighted by molar-refractivity contribution is 5.68. The lowest BCUT2D eigenvalue weighted by Crippen LogP contribution is -2.49. The zero-order valence-corrected chi connectivity index (χ0v) is 19.6. The second kappa shape index (κ2) is 11.3. The van der Waals surface area contributed by atoms with E-state index in [1.807, 2.05) is 30.3 Å². The molecule has 2 aromatic rings. The van der Waals surface area contributed by atoms with Crippen LogP contribution in [-0.4, -0.2) is 58.7 Å². The Hall–Kier alpha value is -2.84. The summed E-state index contributed by atoms with van der Waals surface area (Å²) in [5.74, 6) is 0.466. The largest absolute Gasteiger partial charge is 0.493 e. The number of aliphatic hydroxyl groups is 1. The molecule has 3 rings (SSSR count). The van der Waals surface area contributed by atoms with Crippen molar-refractivity contribution in [1.29, 1.82) is 0 Å². The van der Waals surface area contributed by atoms with Crippen LogP contribution in [0.15, 0.2) is 53.5 Å². The molecule has 1 saturated heterocycles. The van der Waals surface area contributed by atoms with Crippen LogP contribution < -0.4 is 10.3 Å². The van der Waals surface area contributed by atoms with E-state index in [2.05, 4.69) is 0 Å². The number of likely N-dealkylation sites (tertiary alicyclic amines) is 1. The molecule has 0 aliphatic carbocycles. The zero-order valence-electron chi connectivity index (χ0n) is 19.6. The third kappa shape index (κ3) is 7.61. The van der Waals surface area contributed by atoms with Crippen molar-refractivity contribution in [2.45, 2.75) is 58.0 Å². The summed E-state index contributed by atoms with van der Waals surface area (Å²) in [4.78, 5) is 26.6. The van der Waals surface area contributed by atoms with Crippen LogP contribution in [0.2, 0.25) is 0 Å². The number of aliphatic hydroxyl groups excluding tert-OH is 1. The summed E-state index contributed by atoms with van der Waals surface area (Å²) in [5, 5.41) is 10.5. The highest BCUT2D eigenvalue weighted by Gasteiger charge is 2.34. The summed E-state index contributed by atoms with van der Waals surface area (Å²) in [6, 6.07) is 12.5. The minimum Gasteiger partial charge on any atom is -0.493 e. The van der Waals surface area contributed by atoms with Crippen LogP contribution in [-0.2, 0) is 16.1 Å². The van der Waals surface area contributed by atoms with Gasteiger partial charge in [0.05, 0.1) is 32.0 Å². The van der Waals surface area contributed by atoms with Gasteiger partial charge in [0.25, 0.3) is 5.56 Å². The van der Waals surface area contributed by atoms with Crippen LogP contribution >= 0.6 is 0 Å². The molecule has 0 spiro atoms. The van der Waals surface area contributed by atoms with Crippen molar-refractivity contribution >= 4 is 6.09 Å². The molecule has 1 fully saturated rings. The standard InChI is InChI=1S/C25H34N2O6/c1-25(2,3)33-24(30)26-12-11-22(28)21(17-26)27-13-10-20(16-23(27)29)32-15-7-14-31-18-19-8-5-4-6-9-19/h4-6,8-10,13,16,21-22,28H,7,11-12,14-15,17-18H2,1-3H3. The quantitative estimate of drug-likeness (QED) is 0.610. The highest BCUT2D eigenvalue weighted by Crippen LogP contribution is 2.23. The van der Waals surface area contributed by atoms with E-state index in [0.29, 0.717) is 45.0 Å². The topological polar surface area (TPSA) is 90.2 Å². The second-order valence-electron chi connectivity index (χ2n) is 9.20. The number of rotatable bonds is 8. The highest BCUT2D eigenvalue weighted by atomic mass is 16.6. The van der Waals surface area contributed by atoms with Gasteiger partial charge in [-0.25, -0.2) is 4.79 Å². The maximum absolute atomic E-state index is 12.7. The van der Waals surface area contributed by atoms with Crippen LogP contribution in [0.25, 0.3) is 0 Å². The average molecular weight is 459 g/mol. The maximum atomic E-state index is 12.7. The number of pyridine rings is 1. The van der Waals surface area contributed by atoms with Gasteiger partial charge in [0, 0.05) is 31.8 Å². The molecule has 0 saturated carbocycles. The molecule has 2 atom stereocenters. The molecule has 0 radical (unpaired) electrons. The Morgan fingerprint density at radius 3 is 2.61 bits per heavy atom. The summed E-state index contributed by atoms with van der Waals surface area (Å²) in [6.45, 7) is 7.54. The smallest absolute Gasteiger partial charge is 0.410 e. The van der Waals surface area contributed by atoms with E-state index in [0.717, 1.165) is 5.56 Å². The minimum absolute atomic E-state index is 0.203. The first-order valence-electron chi connectivity index (χ1n) is 11.4. The first-order valence-corrected chi connectivity index (χ1v) is 11.4. The lowest BCUT2D eigenvalue weighted by atomic mass is 10.0. The predicted octanol–water partition coefficient (Wildman–Crippen LogP) is 3.38. The molecule has 1 aliphatic heterocycles. The van der Waals surface area contributed by atoms with Gasteiger partial charge in [-0.15, -0.1) is 0 Å². The molecular weight excluding hydrogens is 424 g/mol. The van der Waals surface area contributed by atoms with Crippen LogP contribution in [0.1, 0.15) is 45.2 Å². The van der Waals surface area contributed by atoms with Gasteiger partial charge in [-0.3, -0.25) is 4.79 Å². The fraction of sp³-hybridized carbons (Fsp3) is 0.520. The molecule has 180 valence electrons. The van der Waals surface area contributed by atoms with Gasteiger partial charge in [0.2, 0.25) is 0 Å². The van der Waals surface area contributed by atoms with E-state index in [1.54, 1.807) is 33.0 Å². The summed E-state index contributed by atoms with van der Waals surface area (Å²) in [5.41, 5.74) is 0.227. The van der Waals surface area contributed by atoms with Gasteiger partial charge >= 0.3 is 6.09 Å². The summed E-state index contributed by atoms with van der Waals surface area (Å²) in [6.07, 6.45) is 1.51. The number of carbonyl (C=O) groups is 1. The third-order valence-electron chi connectivity index (χ3n) is 5.29. The lowest BCUT2D eigenvalue weighted by molar-refractivity contribution is -0.00607. The second-order valence-corrected chi connectivity index (χ2v) is 9.20. The van der Waals surface area contributed by atoms with Crippen LogP contribution in [0.4, 0.5) is 4.79 Å². The Morgan fingerprint density at radius 1 is 1.15 bits per heavy atom. The zero-order chi connectivity index (χ0) is 23.8. The van der Waals surface area contributed by atoms with Crippen molar-refractivity contribution in [2.75, 3.05) is 26.3 Å². The molecule has 2 unspecified atom stereocenters. The fourth-order valence-corrected chi connectivity index (χ4v) is 3.64. The van der Waals surface area contributed by atoms with Crippen molar-refractivity contribution in [3.05, 3.63) is 64.6 Å². The van der Waals surface area contributed by atoms with Crippen molar-refractivity contribution in [3.8, 4) is 5.75 Å². The molecule has 1 aromatic heterocycles. The average Bonchev–Trinajstić information content (AvgIpc) is 2.76. The monoisotopic (exact) mass is 458 g/mol. The Kier molecular flexibility index (Phi) is 8.52. The number of hydrogen-bond acceptors (Lipinski definition) is 6. The van der Waals surface area contributed by atoms with Crippen LogP contribution in [0, 0.1) is 0 Å². The molecule has 8 heteroatoms. The predicted molar refractivity (Wildman–Crippen MR) is 124 cm³/mol. The number of piperidine rings is 1. The molecular formula is C25H34N2O6. The number of ether oxygens (including phenoxy) is 3. The van der Waals surface area contributed by atoms with Gasteiger partial charge in [0.15, 0.2) is 0 Å². The summed E-state index contributed by atoms with van der Waals surface area (Å²) < 4.78 is 18.2. The van der Waals surface area contributed by atoms with E-state index < -0.39 is 23.8 Å². The maximum Gasteiger partial charge on any atom is 0.410 e. The molecule has 0 bridgehead atoms. The van der Waals surface area contributed by atoms with E-state index in [-0.39, 0.29) is 12.1 Å². The summed E-state index contributed by atoms with van der Waals surface area (Å²) >= 11 is 0. The molecule has 8 nitrogen and oxygen atoms in total. The van der Waals surface area contributed by atoms with E-state index in [9.17, 15) is 14.7 Å². The Bertz CT molecular complexity index is 953. The number of nitrogens with zero attached hydrogens (tertiary/aromatic N) is 2. The van der Waals surface area contributed by atoms with Gasteiger partial charge in [0.1, 0.15) is 11.4 Å². The normalized spacial score (nSPS) is 18.7. The molecule has 33 heavy (non-hydrogen) atoms. The number of benzene rings is 1. The van der Waals surface area contributed by atoms with Crippen molar-refractivity contribution < 1.29 is 24.1 Å². The van der Waals surface area contributed by atoms with Crippen molar-refractivity contribution in [3.63, 3.8) is 0 Å². The molecule has 2 heterocycles. The first kappa shape index (κ1) is 24.8. The van der Waals surface area contributed by atoms with Crippen LogP contribution in [0.3, 0.4) is 0 Å². The SMILES string of the molecule is CC(C)(C)OC(=O)N1CCC(O)C(n2ccc(OCCCOCc3ccccc3)cc2=O)C1. The molecule has 1 aromatic carbocycles. The summed E-state index contributed by atoms with van der Waals surface area (Å²) in [7, 11) is 0. The lowest BCUT2D eigenvalue weighted by Gasteiger charge is -2.37. The van der Waals surface area contributed by atoms with E-state index in [1.165, 1.54) is 15.5 Å². The van der Waals surface area contributed by atoms with Crippen molar-refractivity contribution in [2.24, 2.45) is 0 Å². The third-order valence-corrected chi connectivity index (χ3v) is 5.29. The molecule has 1 N–H and O–H groups in total. The Morgan fingerprint density at radius 2 is 1.91 bits per heavy atom. The van der Waals surface area contributed by atoms with Gasteiger partial charge < -0.3 is 28.8 Å². The van der Waals surface area contributed by atoms with Gasteiger partial charge in [-0.05, 0) is 38.8 Å². The van der Waals surface area contributed by atoms with Crippen molar-refractivity contribution in [1.82, 2.24) is 9.47 Å². The number of aromatic nitrogens is 1. The minimum atomic E-state index is -0.727. The van der Waals surface area contributed by atoms with Gasteiger partial charge in [-0.2, -0.15) is 0 Å². The Labute approximate surface area is 194 Å².